The van der Waals surface area contributed by atoms with Crippen molar-refractivity contribution >= 4 is 41.2 Å². The van der Waals surface area contributed by atoms with Crippen molar-refractivity contribution < 1.29 is 14.4 Å². The molecule has 8 nitrogen and oxygen atoms in total. The van der Waals surface area contributed by atoms with Gasteiger partial charge in [0.2, 0.25) is 17.7 Å². The van der Waals surface area contributed by atoms with Crippen LogP contribution in [0.3, 0.4) is 0 Å². The van der Waals surface area contributed by atoms with Gasteiger partial charge in [0.15, 0.2) is 0 Å². The quantitative estimate of drug-likeness (QED) is 0.198. The van der Waals surface area contributed by atoms with Crippen molar-refractivity contribution in [2.75, 3.05) is 25.0 Å². The van der Waals surface area contributed by atoms with E-state index in [0.717, 1.165) is 16.7 Å². The van der Waals surface area contributed by atoms with E-state index in [4.69, 9.17) is 11.6 Å². The molecule has 3 aromatic carbocycles. The highest BCUT2D eigenvalue weighted by Gasteiger charge is 2.34. The van der Waals surface area contributed by atoms with E-state index in [9.17, 15) is 14.4 Å². The molecule has 2 atom stereocenters. The maximum atomic E-state index is 14.1. The predicted molar refractivity (Wildman–Crippen MR) is 178 cm³/mol. The van der Waals surface area contributed by atoms with Crippen LogP contribution in [0.4, 0.5) is 5.82 Å². The molecule has 1 aromatic heterocycles. The lowest BCUT2D eigenvalue weighted by molar-refractivity contribution is -0.134. The summed E-state index contributed by atoms with van der Waals surface area (Å²) in [6.45, 7) is 1.22. The summed E-state index contributed by atoms with van der Waals surface area (Å²) in [5.74, 6) is -0.354. The van der Waals surface area contributed by atoms with Gasteiger partial charge in [0, 0.05) is 48.9 Å². The van der Waals surface area contributed by atoms with Gasteiger partial charge in [-0.2, -0.15) is 0 Å². The molecule has 1 saturated heterocycles. The lowest BCUT2D eigenvalue weighted by atomic mass is 9.90. The number of carbonyl (C=O) groups excluding carboxylic acids is 3. The molecular weight excluding hydrogens is 586 g/mol. The van der Waals surface area contributed by atoms with Gasteiger partial charge in [-0.05, 0) is 53.5 Å². The normalized spacial score (nSPS) is 16.8. The third kappa shape index (κ3) is 9.35. The van der Waals surface area contributed by atoms with Crippen LogP contribution in [0.15, 0.2) is 115 Å². The highest BCUT2D eigenvalue weighted by molar-refractivity contribution is 6.30. The second kappa shape index (κ2) is 15.8. The van der Waals surface area contributed by atoms with Crippen LogP contribution >= 0.6 is 11.6 Å². The third-order valence-electron chi connectivity index (χ3n) is 7.74. The number of halogens is 1. The molecule has 0 bridgehead atoms. The third-order valence-corrected chi connectivity index (χ3v) is 7.99. The van der Waals surface area contributed by atoms with Gasteiger partial charge < -0.3 is 20.9 Å². The van der Waals surface area contributed by atoms with Gasteiger partial charge in [-0.25, -0.2) is 4.98 Å². The molecule has 2 heterocycles. The number of pyridine rings is 1. The van der Waals surface area contributed by atoms with Crippen LogP contribution in [0.2, 0.25) is 5.02 Å². The molecule has 0 saturated carbocycles. The first-order valence-electron chi connectivity index (χ1n) is 15.0. The second-order valence-electron chi connectivity index (χ2n) is 11.0. The molecule has 45 heavy (non-hydrogen) atoms. The Kier molecular flexibility index (Phi) is 11.1. The number of nitrogens with zero attached hydrogens (tertiary/aromatic N) is 2. The van der Waals surface area contributed by atoms with E-state index in [-0.39, 0.29) is 36.1 Å². The molecular formula is C36H36ClN5O3. The van der Waals surface area contributed by atoms with E-state index in [0.29, 0.717) is 36.9 Å². The smallest absolute Gasteiger partial charge is 0.244 e. The molecule has 230 valence electrons. The van der Waals surface area contributed by atoms with Crippen molar-refractivity contribution in [3.8, 4) is 0 Å². The fraction of sp³-hybridized carbons (Fsp3) is 0.222. The lowest BCUT2D eigenvalue weighted by Gasteiger charge is -2.29. The zero-order valence-corrected chi connectivity index (χ0v) is 25.6. The molecule has 0 radical (unpaired) electrons. The molecule has 1 aliphatic rings. The molecule has 3 amide bonds. The largest absolute Gasteiger partial charge is 0.351 e. The molecule has 5 rings (SSSR count). The Morgan fingerprint density at radius 2 is 1.60 bits per heavy atom. The van der Waals surface area contributed by atoms with Gasteiger partial charge in [0.25, 0.3) is 0 Å². The van der Waals surface area contributed by atoms with Gasteiger partial charge in [-0.15, -0.1) is 0 Å². The summed E-state index contributed by atoms with van der Waals surface area (Å²) in [6.07, 6.45) is 5.31. The van der Waals surface area contributed by atoms with E-state index in [2.05, 4.69) is 45.2 Å². The van der Waals surface area contributed by atoms with Crippen molar-refractivity contribution in [3.05, 3.63) is 137 Å². The first-order valence-corrected chi connectivity index (χ1v) is 15.4. The summed E-state index contributed by atoms with van der Waals surface area (Å²) in [7, 11) is 0. The number of carbonyl (C=O) groups is 3. The summed E-state index contributed by atoms with van der Waals surface area (Å²) in [4.78, 5) is 45.8. The highest BCUT2D eigenvalue weighted by atomic mass is 35.5. The molecule has 4 aromatic rings. The van der Waals surface area contributed by atoms with Crippen molar-refractivity contribution in [3.63, 3.8) is 0 Å². The minimum Gasteiger partial charge on any atom is -0.351 e. The van der Waals surface area contributed by atoms with E-state index in [1.54, 1.807) is 42.6 Å². The average Bonchev–Trinajstić information content (AvgIpc) is 3.21. The van der Waals surface area contributed by atoms with Crippen LogP contribution in [0.25, 0.3) is 6.08 Å². The zero-order valence-electron chi connectivity index (χ0n) is 24.8. The monoisotopic (exact) mass is 621 g/mol. The summed E-state index contributed by atoms with van der Waals surface area (Å²) in [6, 6.07) is 31.7. The number of aromatic nitrogens is 1. The molecule has 1 aliphatic heterocycles. The number of amides is 3. The van der Waals surface area contributed by atoms with Crippen molar-refractivity contribution in [1.82, 2.24) is 20.5 Å². The van der Waals surface area contributed by atoms with E-state index in [1.807, 2.05) is 53.4 Å². The van der Waals surface area contributed by atoms with Crippen LogP contribution in [-0.2, 0) is 14.4 Å². The zero-order chi connectivity index (χ0) is 31.4. The number of benzene rings is 3. The Hall–Kier alpha value is -4.79. The first-order chi connectivity index (χ1) is 21.9. The van der Waals surface area contributed by atoms with Crippen LogP contribution in [-0.4, -0.2) is 59.3 Å². The van der Waals surface area contributed by atoms with Gasteiger partial charge in [0.1, 0.15) is 5.82 Å². The maximum absolute atomic E-state index is 14.1. The van der Waals surface area contributed by atoms with Crippen LogP contribution < -0.4 is 16.0 Å². The highest BCUT2D eigenvalue weighted by Crippen LogP contribution is 2.27. The van der Waals surface area contributed by atoms with E-state index < -0.39 is 6.04 Å². The number of rotatable bonds is 11. The Morgan fingerprint density at radius 1 is 0.933 bits per heavy atom. The van der Waals surface area contributed by atoms with Crippen molar-refractivity contribution in [1.29, 1.82) is 0 Å². The Bertz CT molecular complexity index is 1540. The number of hydrogen-bond acceptors (Lipinski definition) is 5. The van der Waals surface area contributed by atoms with E-state index in [1.165, 1.54) is 6.08 Å². The molecule has 0 aliphatic carbocycles. The maximum Gasteiger partial charge on any atom is 0.244 e. The molecule has 3 N–H and O–H groups in total. The fourth-order valence-corrected chi connectivity index (χ4v) is 5.53. The summed E-state index contributed by atoms with van der Waals surface area (Å²) in [5, 5.41) is 9.73. The Morgan fingerprint density at radius 3 is 2.24 bits per heavy atom. The van der Waals surface area contributed by atoms with Gasteiger partial charge in [0.05, 0.1) is 12.5 Å². The summed E-state index contributed by atoms with van der Waals surface area (Å²) >= 11 is 5.95. The predicted octanol–water partition coefficient (Wildman–Crippen LogP) is 5.28. The Labute approximate surface area is 268 Å². The standard InChI is InChI=1S/C36H36ClN5O3/c37-29-17-14-26(15-18-29)16-19-34(43)39-24-30-20-22-42(25-31(27-9-3-1-4-10-27)28-11-5-2-6-12-28)36(45)32(40-30)23-35(44)41-33-13-7-8-21-38-33/h1-19,21,30-32,40H,20,22-25H2,(H,39,43)(H,38,41,44)/t30-,32-/m0/s1. The molecule has 1 fully saturated rings. The van der Waals surface area contributed by atoms with Crippen LogP contribution in [0, 0.1) is 0 Å². The van der Waals surface area contributed by atoms with Crippen LogP contribution in [0.1, 0.15) is 35.4 Å². The molecule has 0 spiro atoms. The molecule has 0 unspecified atom stereocenters. The number of nitrogens with one attached hydrogen (secondary N) is 3. The number of hydrogen-bond donors (Lipinski definition) is 3. The van der Waals surface area contributed by atoms with E-state index >= 15 is 0 Å². The minimum absolute atomic E-state index is 0.0476. The van der Waals surface area contributed by atoms with Crippen molar-refractivity contribution in [2.45, 2.75) is 30.8 Å². The summed E-state index contributed by atoms with van der Waals surface area (Å²) in [5.41, 5.74) is 3.07. The van der Waals surface area contributed by atoms with Gasteiger partial charge in [-0.1, -0.05) is 90.5 Å². The molecule has 9 heteroatoms. The second-order valence-corrected chi connectivity index (χ2v) is 11.4. The average molecular weight is 622 g/mol. The van der Waals surface area contributed by atoms with Crippen molar-refractivity contribution in [2.24, 2.45) is 0 Å². The lowest BCUT2D eigenvalue weighted by Crippen LogP contribution is -2.50. The Balaban J connectivity index is 1.31. The number of anilines is 1. The van der Waals surface area contributed by atoms with Crippen LogP contribution in [0.5, 0.6) is 0 Å². The fourth-order valence-electron chi connectivity index (χ4n) is 5.41. The topological polar surface area (TPSA) is 103 Å². The van der Waals surface area contributed by atoms with Gasteiger partial charge >= 0.3 is 0 Å². The SMILES string of the molecule is O=C(C=Cc1ccc(Cl)cc1)NC[C@@H]1CCN(CC(c2ccccc2)c2ccccc2)C(=O)[C@H](CC(=O)Nc2ccccn2)N1. The minimum atomic E-state index is -0.782. The summed E-state index contributed by atoms with van der Waals surface area (Å²) < 4.78 is 0. The van der Waals surface area contributed by atoms with Gasteiger partial charge in [-0.3, -0.25) is 14.4 Å². The first kappa shape index (κ1) is 31.6.